The van der Waals surface area contributed by atoms with E-state index in [2.05, 4.69) is 26.5 Å². The second-order valence-electron chi connectivity index (χ2n) is 6.00. The van der Waals surface area contributed by atoms with Gasteiger partial charge in [-0.2, -0.15) is 5.10 Å². The summed E-state index contributed by atoms with van der Waals surface area (Å²) in [5.74, 6) is 1.92. The molecular formula is C21H25BrN2O6. The van der Waals surface area contributed by atoms with Crippen LogP contribution in [0.4, 0.5) is 0 Å². The Labute approximate surface area is 184 Å². The Bertz CT molecular complexity index is 892. The first-order valence-electron chi connectivity index (χ1n) is 9.12. The summed E-state index contributed by atoms with van der Waals surface area (Å²) in [6.45, 7) is 2.60. The van der Waals surface area contributed by atoms with E-state index in [0.717, 1.165) is 10.9 Å². The Morgan fingerprint density at radius 2 is 1.57 bits per heavy atom. The van der Waals surface area contributed by atoms with E-state index in [1.165, 1.54) is 27.5 Å². The molecule has 0 aromatic heterocycles. The third-order valence-electron chi connectivity index (χ3n) is 4.01. The van der Waals surface area contributed by atoms with Crippen molar-refractivity contribution < 1.29 is 28.5 Å². The summed E-state index contributed by atoms with van der Waals surface area (Å²) in [5, 5.41) is 4.03. The minimum Gasteiger partial charge on any atom is -0.493 e. The van der Waals surface area contributed by atoms with Gasteiger partial charge >= 0.3 is 0 Å². The number of hydrogen-bond donors (Lipinski definition) is 1. The summed E-state index contributed by atoms with van der Waals surface area (Å²) in [6, 6.07) is 6.69. The molecule has 0 aliphatic heterocycles. The van der Waals surface area contributed by atoms with E-state index in [1.54, 1.807) is 25.3 Å². The van der Waals surface area contributed by atoms with Gasteiger partial charge in [-0.05, 0) is 52.2 Å². The van der Waals surface area contributed by atoms with E-state index >= 15 is 0 Å². The van der Waals surface area contributed by atoms with Crippen molar-refractivity contribution in [3.8, 4) is 28.7 Å². The van der Waals surface area contributed by atoms with Gasteiger partial charge in [-0.15, -0.1) is 0 Å². The van der Waals surface area contributed by atoms with E-state index < -0.39 is 5.91 Å². The van der Waals surface area contributed by atoms with Crippen LogP contribution in [0.3, 0.4) is 0 Å². The number of ether oxygens (including phenoxy) is 5. The molecule has 0 fully saturated rings. The lowest BCUT2D eigenvalue weighted by Crippen LogP contribution is -2.18. The average molecular weight is 481 g/mol. The molecule has 0 saturated carbocycles. The maximum atomic E-state index is 12.5. The molecule has 2 rings (SSSR count). The SMILES string of the molecule is CCCOc1c(Br)cc(/C=N/NC(=O)c2cc(OC)c(OC)c(OC)c2)cc1OC. The third kappa shape index (κ3) is 5.56. The Morgan fingerprint density at radius 3 is 2.10 bits per heavy atom. The summed E-state index contributed by atoms with van der Waals surface area (Å²) in [7, 11) is 6.02. The molecule has 162 valence electrons. The fourth-order valence-corrected chi connectivity index (χ4v) is 3.17. The maximum Gasteiger partial charge on any atom is 0.271 e. The van der Waals surface area contributed by atoms with E-state index in [0.29, 0.717) is 46.5 Å². The summed E-state index contributed by atoms with van der Waals surface area (Å²) in [4.78, 5) is 12.5. The predicted molar refractivity (Wildman–Crippen MR) is 118 cm³/mol. The molecule has 0 aliphatic rings. The van der Waals surface area contributed by atoms with Gasteiger partial charge in [0.25, 0.3) is 5.91 Å². The molecule has 1 N–H and O–H groups in total. The fourth-order valence-electron chi connectivity index (χ4n) is 2.60. The number of benzene rings is 2. The second kappa shape index (κ2) is 11.3. The van der Waals surface area contributed by atoms with Crippen molar-refractivity contribution in [3.63, 3.8) is 0 Å². The fraction of sp³-hybridized carbons (Fsp3) is 0.333. The first kappa shape index (κ1) is 23.3. The Morgan fingerprint density at radius 1 is 0.967 bits per heavy atom. The number of hydrogen-bond acceptors (Lipinski definition) is 7. The first-order chi connectivity index (χ1) is 14.5. The monoisotopic (exact) mass is 480 g/mol. The standard InChI is InChI=1S/C21H25BrN2O6/c1-6-7-30-19-15(22)8-13(9-16(19)26-2)12-23-24-21(25)14-10-17(27-3)20(29-5)18(11-14)28-4/h8-12H,6-7H2,1-5H3,(H,24,25)/b23-12+. The number of methoxy groups -OCH3 is 4. The van der Waals surface area contributed by atoms with Gasteiger partial charge in [-0.3, -0.25) is 4.79 Å². The summed E-state index contributed by atoms with van der Waals surface area (Å²) < 4.78 is 27.6. The van der Waals surface area contributed by atoms with Crippen LogP contribution in [0, 0.1) is 0 Å². The molecule has 30 heavy (non-hydrogen) atoms. The zero-order valence-corrected chi connectivity index (χ0v) is 19.2. The second-order valence-corrected chi connectivity index (χ2v) is 6.85. The van der Waals surface area contributed by atoms with Gasteiger partial charge in [0.15, 0.2) is 23.0 Å². The molecule has 9 heteroatoms. The predicted octanol–water partition coefficient (Wildman–Crippen LogP) is 4.04. The van der Waals surface area contributed by atoms with Crippen LogP contribution in [0.25, 0.3) is 0 Å². The van der Waals surface area contributed by atoms with Crippen LogP contribution >= 0.6 is 15.9 Å². The van der Waals surface area contributed by atoms with Crippen LogP contribution in [0.2, 0.25) is 0 Å². The number of rotatable bonds is 10. The van der Waals surface area contributed by atoms with Crippen LogP contribution in [0.5, 0.6) is 28.7 Å². The molecule has 0 heterocycles. The molecule has 8 nitrogen and oxygen atoms in total. The number of amides is 1. The highest BCUT2D eigenvalue weighted by molar-refractivity contribution is 9.10. The van der Waals surface area contributed by atoms with Gasteiger partial charge < -0.3 is 23.7 Å². The highest BCUT2D eigenvalue weighted by Crippen LogP contribution is 2.38. The molecule has 0 spiro atoms. The van der Waals surface area contributed by atoms with Crippen LogP contribution < -0.4 is 29.1 Å². The van der Waals surface area contributed by atoms with Gasteiger partial charge in [0.1, 0.15) is 0 Å². The molecule has 2 aromatic rings. The lowest BCUT2D eigenvalue weighted by Gasteiger charge is -2.13. The van der Waals surface area contributed by atoms with Gasteiger partial charge in [0, 0.05) is 5.56 Å². The van der Waals surface area contributed by atoms with Crippen molar-refractivity contribution in [2.75, 3.05) is 35.0 Å². The molecule has 0 bridgehead atoms. The Balaban J connectivity index is 2.19. The number of hydrazone groups is 1. The van der Waals surface area contributed by atoms with E-state index in [4.69, 9.17) is 23.7 Å². The van der Waals surface area contributed by atoms with Gasteiger partial charge in [-0.1, -0.05) is 6.92 Å². The third-order valence-corrected chi connectivity index (χ3v) is 4.60. The van der Waals surface area contributed by atoms with Crippen molar-refractivity contribution in [1.29, 1.82) is 0 Å². The number of nitrogens with zero attached hydrogens (tertiary/aromatic N) is 1. The molecule has 2 aromatic carbocycles. The highest BCUT2D eigenvalue weighted by Gasteiger charge is 2.17. The quantitative estimate of drug-likeness (QED) is 0.407. The summed E-state index contributed by atoms with van der Waals surface area (Å²) in [6.07, 6.45) is 2.39. The molecule has 0 aliphatic carbocycles. The number of carbonyl (C=O) groups is 1. The molecule has 1 amide bonds. The molecule has 0 atom stereocenters. The van der Waals surface area contributed by atoms with Crippen LogP contribution in [0.1, 0.15) is 29.3 Å². The minimum atomic E-state index is -0.431. The van der Waals surface area contributed by atoms with Crippen molar-refractivity contribution in [2.24, 2.45) is 5.10 Å². The van der Waals surface area contributed by atoms with Crippen molar-refractivity contribution >= 4 is 28.1 Å². The lowest BCUT2D eigenvalue weighted by molar-refractivity contribution is 0.0954. The van der Waals surface area contributed by atoms with Gasteiger partial charge in [-0.25, -0.2) is 5.43 Å². The zero-order valence-electron chi connectivity index (χ0n) is 17.6. The van der Waals surface area contributed by atoms with E-state index in [-0.39, 0.29) is 0 Å². The number of halogens is 1. The topological polar surface area (TPSA) is 87.6 Å². The van der Waals surface area contributed by atoms with Crippen LogP contribution in [-0.4, -0.2) is 47.2 Å². The number of carbonyl (C=O) groups excluding carboxylic acids is 1. The number of nitrogens with one attached hydrogen (secondary N) is 1. The van der Waals surface area contributed by atoms with Crippen molar-refractivity contribution in [1.82, 2.24) is 5.43 Å². The molecule has 0 saturated heterocycles. The molecular weight excluding hydrogens is 456 g/mol. The largest absolute Gasteiger partial charge is 0.493 e. The van der Waals surface area contributed by atoms with Gasteiger partial charge in [0.05, 0.1) is 45.7 Å². The Kier molecular flexibility index (Phi) is 8.79. The Hall–Kier alpha value is -2.94. The van der Waals surface area contributed by atoms with Crippen LogP contribution in [-0.2, 0) is 0 Å². The average Bonchev–Trinajstić information content (AvgIpc) is 2.76. The summed E-state index contributed by atoms with van der Waals surface area (Å²) in [5.41, 5.74) is 3.51. The first-order valence-corrected chi connectivity index (χ1v) is 9.92. The highest BCUT2D eigenvalue weighted by atomic mass is 79.9. The van der Waals surface area contributed by atoms with Crippen LogP contribution in [0.15, 0.2) is 33.8 Å². The zero-order chi connectivity index (χ0) is 22.1. The molecule has 0 radical (unpaired) electrons. The minimum absolute atomic E-state index is 0.309. The summed E-state index contributed by atoms with van der Waals surface area (Å²) >= 11 is 3.48. The maximum absolute atomic E-state index is 12.5. The van der Waals surface area contributed by atoms with Crippen molar-refractivity contribution in [2.45, 2.75) is 13.3 Å². The van der Waals surface area contributed by atoms with E-state index in [1.807, 2.05) is 13.0 Å². The van der Waals surface area contributed by atoms with E-state index in [9.17, 15) is 4.79 Å². The van der Waals surface area contributed by atoms with Gasteiger partial charge in [0.2, 0.25) is 5.75 Å². The smallest absolute Gasteiger partial charge is 0.271 e. The lowest BCUT2D eigenvalue weighted by atomic mass is 10.1. The van der Waals surface area contributed by atoms with Crippen molar-refractivity contribution in [3.05, 3.63) is 39.9 Å². The normalized spacial score (nSPS) is 10.6. The molecule has 0 unspecified atom stereocenters.